The van der Waals surface area contributed by atoms with Crippen molar-refractivity contribution in [2.45, 2.75) is 92.8 Å². The van der Waals surface area contributed by atoms with Gasteiger partial charge in [-0.05, 0) is 48.7 Å². The van der Waals surface area contributed by atoms with Crippen molar-refractivity contribution >= 4 is 11.8 Å². The van der Waals surface area contributed by atoms with E-state index in [1.807, 2.05) is 36.5 Å². The van der Waals surface area contributed by atoms with Crippen molar-refractivity contribution in [2.75, 3.05) is 6.61 Å². The van der Waals surface area contributed by atoms with Gasteiger partial charge in [0.1, 0.15) is 24.3 Å². The summed E-state index contributed by atoms with van der Waals surface area (Å²) in [6, 6.07) is 0. The van der Waals surface area contributed by atoms with Gasteiger partial charge in [-0.3, -0.25) is 4.79 Å². The minimum absolute atomic E-state index is 0.0238. The predicted octanol–water partition coefficient (Wildman–Crippen LogP) is 6.65. The zero-order chi connectivity index (χ0) is 26.9. The molecule has 1 aliphatic carbocycles. The molecule has 0 aromatic rings. The van der Waals surface area contributed by atoms with Gasteiger partial charge < -0.3 is 14.6 Å². The Morgan fingerprint density at radius 1 is 1.14 bits per heavy atom. The number of carbonyl (C=O) groups excluding carboxylic acids is 2. The Labute approximate surface area is 218 Å². The molecular formula is C31H46O5. The van der Waals surface area contributed by atoms with Crippen molar-refractivity contribution in [3.05, 3.63) is 59.9 Å². The number of esters is 1. The van der Waals surface area contributed by atoms with Gasteiger partial charge in [0, 0.05) is 23.8 Å². The van der Waals surface area contributed by atoms with E-state index in [2.05, 4.69) is 54.5 Å². The summed E-state index contributed by atoms with van der Waals surface area (Å²) >= 11 is 0. The highest BCUT2D eigenvalue weighted by Gasteiger charge is 2.34. The van der Waals surface area contributed by atoms with Crippen LogP contribution in [0.25, 0.3) is 0 Å². The molecule has 5 heteroatoms. The molecule has 4 atom stereocenters. The Kier molecular flexibility index (Phi) is 11.0. The highest BCUT2D eigenvalue weighted by Crippen LogP contribution is 2.37. The number of aliphatic hydroxyl groups is 1. The van der Waals surface area contributed by atoms with Crippen LogP contribution in [0.4, 0.5) is 0 Å². The summed E-state index contributed by atoms with van der Waals surface area (Å²) in [7, 11) is 0. The molecule has 4 unspecified atom stereocenters. The third kappa shape index (κ3) is 9.93. The lowest BCUT2D eigenvalue weighted by Crippen LogP contribution is -2.33. The standard InChI is InChI=1S/C31H46O5/c1-8-9-10-11-12-13-23-18-22-14-16-25(19-28(22)36-29(23)34)35-21-24(32)15-17-27(33)26(31(5,6)7)20-30(2,3)4/h9-12,14,16,18-19,22,24,26,28,32H,8,13,15,17,20-21H2,1-7H3/b10-9-,12-11-. The van der Waals surface area contributed by atoms with E-state index < -0.39 is 12.2 Å². The van der Waals surface area contributed by atoms with E-state index in [1.54, 1.807) is 6.08 Å². The van der Waals surface area contributed by atoms with Crippen molar-refractivity contribution in [1.82, 2.24) is 0 Å². The lowest BCUT2D eigenvalue weighted by molar-refractivity contribution is -0.144. The van der Waals surface area contributed by atoms with Crippen LogP contribution in [0.1, 0.15) is 80.6 Å². The molecule has 2 rings (SSSR count). The highest BCUT2D eigenvalue weighted by atomic mass is 16.5. The van der Waals surface area contributed by atoms with Gasteiger partial charge in [0.2, 0.25) is 0 Å². The maximum absolute atomic E-state index is 13.0. The van der Waals surface area contributed by atoms with E-state index in [9.17, 15) is 14.7 Å². The SMILES string of the molecule is CC/C=C\C=C/CC1=CC2C=CC(OCC(O)CCC(=O)C(CC(C)(C)C)C(C)(C)C)=CC2OC1=O. The predicted molar refractivity (Wildman–Crippen MR) is 145 cm³/mol. The Hall–Kier alpha value is -2.40. The molecule has 0 bridgehead atoms. The Morgan fingerprint density at radius 2 is 1.83 bits per heavy atom. The zero-order valence-corrected chi connectivity index (χ0v) is 23.3. The highest BCUT2D eigenvalue weighted by molar-refractivity contribution is 5.90. The molecule has 36 heavy (non-hydrogen) atoms. The molecule has 0 aromatic heterocycles. The number of fused-ring (bicyclic) bond motifs is 1. The van der Waals surface area contributed by atoms with Crippen LogP contribution >= 0.6 is 0 Å². The first-order chi connectivity index (χ1) is 16.8. The van der Waals surface area contributed by atoms with Gasteiger partial charge in [-0.2, -0.15) is 0 Å². The van der Waals surface area contributed by atoms with Crippen molar-refractivity contribution in [1.29, 1.82) is 0 Å². The smallest absolute Gasteiger partial charge is 0.334 e. The fourth-order valence-electron chi connectivity index (χ4n) is 4.42. The molecule has 0 radical (unpaired) electrons. The maximum atomic E-state index is 13.0. The van der Waals surface area contributed by atoms with Crippen molar-refractivity contribution in [3.8, 4) is 0 Å². The third-order valence-electron chi connectivity index (χ3n) is 6.46. The molecule has 0 aromatic carbocycles. The summed E-state index contributed by atoms with van der Waals surface area (Å²) in [5.74, 6) is 0.381. The van der Waals surface area contributed by atoms with Crippen LogP contribution in [0, 0.1) is 22.7 Å². The topological polar surface area (TPSA) is 72.8 Å². The minimum atomic E-state index is -0.745. The van der Waals surface area contributed by atoms with Crippen LogP contribution in [0.5, 0.6) is 0 Å². The number of ether oxygens (including phenoxy) is 2. The second-order valence-electron chi connectivity index (χ2n) is 12.2. The van der Waals surface area contributed by atoms with Crippen LogP contribution < -0.4 is 0 Å². The van der Waals surface area contributed by atoms with Crippen LogP contribution in [0.2, 0.25) is 0 Å². The van der Waals surface area contributed by atoms with Gasteiger partial charge in [-0.1, -0.05) is 84.9 Å². The van der Waals surface area contributed by atoms with E-state index in [-0.39, 0.29) is 41.0 Å². The second-order valence-corrected chi connectivity index (χ2v) is 12.2. The van der Waals surface area contributed by atoms with Crippen LogP contribution in [0.15, 0.2) is 59.9 Å². The van der Waals surface area contributed by atoms with Crippen LogP contribution in [-0.4, -0.2) is 35.7 Å². The van der Waals surface area contributed by atoms with Gasteiger partial charge in [0.25, 0.3) is 0 Å². The molecule has 0 saturated carbocycles. The molecule has 0 saturated heterocycles. The lowest BCUT2D eigenvalue weighted by Gasteiger charge is -2.34. The summed E-state index contributed by atoms with van der Waals surface area (Å²) in [5, 5.41) is 10.5. The number of allylic oxidation sites excluding steroid dienone is 5. The molecule has 0 spiro atoms. The molecule has 1 heterocycles. The third-order valence-corrected chi connectivity index (χ3v) is 6.46. The number of hydrogen-bond donors (Lipinski definition) is 1. The minimum Gasteiger partial charge on any atom is -0.491 e. The zero-order valence-electron chi connectivity index (χ0n) is 23.3. The number of aliphatic hydroxyl groups excluding tert-OH is 1. The first kappa shape index (κ1) is 29.8. The fraction of sp³-hybridized carbons (Fsp3) is 0.613. The number of rotatable bonds is 12. The Balaban J connectivity index is 1.85. The lowest BCUT2D eigenvalue weighted by atomic mass is 9.69. The summed E-state index contributed by atoms with van der Waals surface area (Å²) < 4.78 is 11.4. The van der Waals surface area contributed by atoms with Crippen LogP contribution in [-0.2, 0) is 19.1 Å². The van der Waals surface area contributed by atoms with Gasteiger partial charge >= 0.3 is 5.97 Å². The summed E-state index contributed by atoms with van der Waals surface area (Å²) in [6.07, 6.45) is 17.4. The van der Waals surface area contributed by atoms with Gasteiger partial charge in [-0.25, -0.2) is 4.79 Å². The van der Waals surface area contributed by atoms with E-state index in [1.165, 1.54) is 0 Å². The average molecular weight is 499 g/mol. The normalized spacial score (nSPS) is 22.2. The fourth-order valence-corrected chi connectivity index (χ4v) is 4.42. The second kappa shape index (κ2) is 13.2. The summed E-state index contributed by atoms with van der Waals surface area (Å²) in [5.41, 5.74) is 0.600. The van der Waals surface area contributed by atoms with E-state index in [0.29, 0.717) is 30.6 Å². The first-order valence-corrected chi connectivity index (χ1v) is 13.3. The summed E-state index contributed by atoms with van der Waals surface area (Å²) in [4.78, 5) is 25.4. The molecule has 5 nitrogen and oxygen atoms in total. The number of hydrogen-bond acceptors (Lipinski definition) is 5. The van der Waals surface area contributed by atoms with E-state index in [4.69, 9.17) is 9.47 Å². The van der Waals surface area contributed by atoms with E-state index >= 15 is 0 Å². The van der Waals surface area contributed by atoms with Crippen LogP contribution in [0.3, 0.4) is 0 Å². The van der Waals surface area contributed by atoms with Gasteiger partial charge in [0.15, 0.2) is 0 Å². The average Bonchev–Trinajstić information content (AvgIpc) is 2.78. The van der Waals surface area contributed by atoms with Gasteiger partial charge in [-0.15, -0.1) is 0 Å². The Bertz CT molecular complexity index is 904. The first-order valence-electron chi connectivity index (χ1n) is 13.3. The van der Waals surface area contributed by atoms with E-state index in [0.717, 1.165) is 12.8 Å². The molecule has 1 aliphatic heterocycles. The molecule has 1 N–H and O–H groups in total. The van der Waals surface area contributed by atoms with Crippen molar-refractivity contribution in [3.63, 3.8) is 0 Å². The maximum Gasteiger partial charge on any atom is 0.334 e. The quantitative estimate of drug-likeness (QED) is 0.241. The summed E-state index contributed by atoms with van der Waals surface area (Å²) in [6.45, 7) is 14.9. The van der Waals surface area contributed by atoms with Crippen molar-refractivity contribution in [2.24, 2.45) is 22.7 Å². The molecule has 0 fully saturated rings. The monoisotopic (exact) mass is 498 g/mol. The number of ketones is 1. The molecule has 2 aliphatic rings. The largest absolute Gasteiger partial charge is 0.491 e. The molecule has 200 valence electrons. The number of carbonyl (C=O) groups is 2. The van der Waals surface area contributed by atoms with Crippen molar-refractivity contribution < 1.29 is 24.2 Å². The Morgan fingerprint density at radius 3 is 2.47 bits per heavy atom. The molecule has 0 amide bonds. The molecular weight excluding hydrogens is 452 g/mol. The van der Waals surface area contributed by atoms with Gasteiger partial charge in [0.05, 0.1) is 6.10 Å². The number of Topliss-reactive ketones (excluding diaryl/α,β-unsaturated/α-hetero) is 1.